The number of nitrogens with zero attached hydrogens (tertiary/aromatic N) is 2. The van der Waals surface area contributed by atoms with Crippen molar-refractivity contribution in [1.82, 2.24) is 9.29 Å². The summed E-state index contributed by atoms with van der Waals surface area (Å²) in [5.41, 5.74) is 1.14. The van der Waals surface area contributed by atoms with Gasteiger partial charge in [-0.05, 0) is 61.1 Å². The lowest BCUT2D eigenvalue weighted by Crippen LogP contribution is -2.43. The number of aromatic nitrogens is 1. The van der Waals surface area contributed by atoms with Crippen molar-refractivity contribution in [2.75, 3.05) is 18.9 Å². The minimum atomic E-state index is -3.74. The van der Waals surface area contributed by atoms with Crippen molar-refractivity contribution in [2.24, 2.45) is 0 Å². The average Bonchev–Trinajstić information content (AvgIpc) is 2.67. The zero-order valence-corrected chi connectivity index (χ0v) is 18.2. The molecule has 1 heterocycles. The van der Waals surface area contributed by atoms with Gasteiger partial charge in [-0.2, -0.15) is 4.31 Å². The summed E-state index contributed by atoms with van der Waals surface area (Å²) in [6.07, 6.45) is 4.12. The normalized spacial score (nSPS) is 16.8. The number of rotatable bonds is 6. The van der Waals surface area contributed by atoms with Crippen LogP contribution >= 0.6 is 27.5 Å². The SMILES string of the molecule is CN(CC(O)(CBr)c1cccc(Cl)n1)S(=O)(=O)c1ccc2c(c1)CCCC2. The summed E-state index contributed by atoms with van der Waals surface area (Å²) in [5, 5.41) is 11.4. The van der Waals surface area contributed by atoms with Gasteiger partial charge in [0.2, 0.25) is 10.0 Å². The lowest BCUT2D eigenvalue weighted by atomic mass is 9.92. The number of hydrogen-bond donors (Lipinski definition) is 1. The lowest BCUT2D eigenvalue weighted by Gasteiger charge is -2.30. The maximum atomic E-state index is 13.1. The van der Waals surface area contributed by atoms with Crippen molar-refractivity contribution < 1.29 is 13.5 Å². The smallest absolute Gasteiger partial charge is 0.242 e. The predicted octanol–water partition coefficient (Wildman–Crippen LogP) is 3.52. The maximum Gasteiger partial charge on any atom is 0.242 e. The molecule has 1 atom stereocenters. The summed E-state index contributed by atoms with van der Waals surface area (Å²) >= 11 is 9.21. The summed E-state index contributed by atoms with van der Waals surface area (Å²) in [6, 6.07) is 10.2. The van der Waals surface area contributed by atoms with Crippen molar-refractivity contribution >= 4 is 37.6 Å². The molecule has 0 radical (unpaired) electrons. The molecule has 1 N–H and O–H groups in total. The molecular formula is C19H22BrClN2O3S. The number of fused-ring (bicyclic) bond motifs is 1. The van der Waals surface area contributed by atoms with Gasteiger partial charge in [-0.25, -0.2) is 13.4 Å². The molecule has 0 fully saturated rings. The second-order valence-corrected chi connectivity index (χ2v) is 9.90. The van der Waals surface area contributed by atoms with Gasteiger partial charge in [0, 0.05) is 18.9 Å². The second-order valence-electron chi connectivity index (χ2n) is 6.91. The number of aliphatic hydroxyl groups is 1. The molecule has 1 unspecified atom stereocenters. The van der Waals surface area contributed by atoms with E-state index in [1.807, 2.05) is 6.07 Å². The molecule has 5 nitrogen and oxygen atoms in total. The fraction of sp³-hybridized carbons (Fsp3) is 0.421. The highest BCUT2D eigenvalue weighted by Gasteiger charge is 2.35. The predicted molar refractivity (Wildman–Crippen MR) is 110 cm³/mol. The zero-order valence-electron chi connectivity index (χ0n) is 15.0. The minimum Gasteiger partial charge on any atom is -0.381 e. The van der Waals surface area contributed by atoms with Crippen molar-refractivity contribution in [1.29, 1.82) is 0 Å². The third-order valence-electron chi connectivity index (χ3n) is 4.93. The lowest BCUT2D eigenvalue weighted by molar-refractivity contribution is 0.0436. The fourth-order valence-electron chi connectivity index (χ4n) is 3.36. The van der Waals surface area contributed by atoms with Gasteiger partial charge in [-0.3, -0.25) is 0 Å². The first kappa shape index (κ1) is 20.7. The van der Waals surface area contributed by atoms with Crippen LogP contribution in [0.1, 0.15) is 29.7 Å². The number of aryl methyl sites for hydroxylation is 2. The largest absolute Gasteiger partial charge is 0.381 e. The number of hydrogen-bond acceptors (Lipinski definition) is 4. The maximum absolute atomic E-state index is 13.1. The number of benzene rings is 1. The standard InChI is InChI=1S/C19H22BrClN2O3S/c1-23(13-19(24,12-20)17-7-4-8-18(21)22-17)27(25,26)16-10-9-14-5-2-3-6-15(14)11-16/h4,7-11,24H,2-3,5-6,12-13H2,1H3. The summed E-state index contributed by atoms with van der Waals surface area (Å²) < 4.78 is 27.3. The van der Waals surface area contributed by atoms with Crippen LogP contribution in [-0.2, 0) is 28.5 Å². The summed E-state index contributed by atoms with van der Waals surface area (Å²) in [5.74, 6) is 0. The highest BCUT2D eigenvalue weighted by atomic mass is 79.9. The van der Waals surface area contributed by atoms with E-state index in [4.69, 9.17) is 11.6 Å². The molecule has 0 saturated heterocycles. The average molecular weight is 474 g/mol. The molecule has 0 amide bonds. The van der Waals surface area contributed by atoms with Crippen LogP contribution in [0.2, 0.25) is 5.15 Å². The molecule has 27 heavy (non-hydrogen) atoms. The molecule has 1 aliphatic carbocycles. The molecule has 2 aromatic rings. The molecule has 1 aromatic carbocycles. The number of pyridine rings is 1. The van der Waals surface area contributed by atoms with Crippen LogP contribution in [0.5, 0.6) is 0 Å². The topological polar surface area (TPSA) is 70.5 Å². The first-order chi connectivity index (χ1) is 12.8. The summed E-state index contributed by atoms with van der Waals surface area (Å²) in [6.45, 7) is -0.148. The van der Waals surface area contributed by atoms with Crippen LogP contribution in [-0.4, -0.2) is 41.7 Å². The van der Waals surface area contributed by atoms with Crippen LogP contribution in [0.4, 0.5) is 0 Å². The number of halogens is 2. The van der Waals surface area contributed by atoms with Crippen LogP contribution in [0.3, 0.4) is 0 Å². The van der Waals surface area contributed by atoms with Gasteiger partial charge in [0.05, 0.1) is 10.6 Å². The van der Waals surface area contributed by atoms with Crippen molar-refractivity contribution in [3.05, 3.63) is 58.4 Å². The van der Waals surface area contributed by atoms with E-state index >= 15 is 0 Å². The van der Waals surface area contributed by atoms with Gasteiger partial charge >= 0.3 is 0 Å². The van der Waals surface area contributed by atoms with E-state index in [1.54, 1.807) is 30.3 Å². The second kappa shape index (κ2) is 8.17. The van der Waals surface area contributed by atoms with Crippen molar-refractivity contribution in [2.45, 2.75) is 36.2 Å². The first-order valence-corrected chi connectivity index (χ1v) is 11.7. The molecule has 3 rings (SSSR count). The molecule has 0 aliphatic heterocycles. The number of alkyl halides is 1. The molecule has 8 heteroatoms. The Bertz CT molecular complexity index is 938. The highest BCUT2D eigenvalue weighted by Crippen LogP contribution is 2.29. The highest BCUT2D eigenvalue weighted by molar-refractivity contribution is 9.09. The van der Waals surface area contributed by atoms with Gasteiger partial charge in [0.25, 0.3) is 0 Å². The van der Waals surface area contributed by atoms with Gasteiger partial charge in [0.15, 0.2) is 0 Å². The van der Waals surface area contributed by atoms with Crippen LogP contribution < -0.4 is 0 Å². The third kappa shape index (κ3) is 4.38. The van der Waals surface area contributed by atoms with Gasteiger partial charge < -0.3 is 5.11 Å². The van der Waals surface area contributed by atoms with Crippen LogP contribution in [0.15, 0.2) is 41.3 Å². The molecule has 1 aliphatic rings. The van der Waals surface area contributed by atoms with E-state index in [1.165, 1.54) is 16.9 Å². The van der Waals surface area contributed by atoms with Crippen molar-refractivity contribution in [3.63, 3.8) is 0 Å². The van der Waals surface area contributed by atoms with E-state index in [0.717, 1.165) is 31.2 Å². The quantitative estimate of drug-likeness (QED) is 0.515. The number of sulfonamides is 1. The van der Waals surface area contributed by atoms with E-state index in [9.17, 15) is 13.5 Å². The Hall–Kier alpha value is -0.990. The Labute approximate surface area is 173 Å². The Balaban J connectivity index is 1.88. The van der Waals surface area contributed by atoms with E-state index in [-0.39, 0.29) is 21.9 Å². The monoisotopic (exact) mass is 472 g/mol. The molecule has 0 saturated carbocycles. The minimum absolute atomic E-state index is 0.122. The molecule has 146 valence electrons. The van der Waals surface area contributed by atoms with Gasteiger partial charge in [-0.15, -0.1) is 0 Å². The zero-order chi connectivity index (χ0) is 19.7. The first-order valence-electron chi connectivity index (χ1n) is 8.76. The van der Waals surface area contributed by atoms with Crippen LogP contribution in [0.25, 0.3) is 0 Å². The van der Waals surface area contributed by atoms with Crippen LogP contribution in [0, 0.1) is 0 Å². The van der Waals surface area contributed by atoms with E-state index in [0.29, 0.717) is 5.69 Å². The fourth-order valence-corrected chi connectivity index (χ4v) is 5.27. The number of likely N-dealkylation sites (N-methyl/N-ethyl adjacent to an activating group) is 1. The third-order valence-corrected chi connectivity index (χ3v) is 7.86. The van der Waals surface area contributed by atoms with Gasteiger partial charge in [0.1, 0.15) is 10.8 Å². The van der Waals surface area contributed by atoms with E-state index in [2.05, 4.69) is 20.9 Å². The summed E-state index contributed by atoms with van der Waals surface area (Å²) in [4.78, 5) is 4.40. The molecule has 0 bridgehead atoms. The Morgan fingerprint density at radius 2 is 1.93 bits per heavy atom. The Morgan fingerprint density at radius 1 is 1.22 bits per heavy atom. The Morgan fingerprint density at radius 3 is 2.59 bits per heavy atom. The Kier molecular flexibility index (Phi) is 6.27. The molecule has 0 spiro atoms. The molecule has 1 aromatic heterocycles. The van der Waals surface area contributed by atoms with Crippen molar-refractivity contribution in [3.8, 4) is 0 Å². The van der Waals surface area contributed by atoms with E-state index < -0.39 is 15.6 Å². The summed E-state index contributed by atoms with van der Waals surface area (Å²) in [7, 11) is -2.28. The van der Waals surface area contributed by atoms with Gasteiger partial charge in [-0.1, -0.05) is 39.7 Å². The molecular weight excluding hydrogens is 452 g/mol.